The molecule has 0 spiro atoms. The van der Waals surface area contributed by atoms with Gasteiger partial charge in [0.15, 0.2) is 5.82 Å². The van der Waals surface area contributed by atoms with Crippen LogP contribution in [0.4, 0.5) is 6.01 Å². The van der Waals surface area contributed by atoms with E-state index in [1.54, 1.807) is 0 Å². The summed E-state index contributed by atoms with van der Waals surface area (Å²) in [5, 5.41) is 4.21. The molecule has 2 rings (SSSR count). The first-order chi connectivity index (χ1) is 5.86. The van der Waals surface area contributed by atoms with Crippen LogP contribution >= 0.6 is 11.8 Å². The summed E-state index contributed by atoms with van der Waals surface area (Å²) >= 11 is 1.89. The van der Waals surface area contributed by atoms with Crippen molar-refractivity contribution in [1.82, 2.24) is 10.1 Å². The van der Waals surface area contributed by atoms with Crippen LogP contribution in [-0.2, 0) is 0 Å². The normalized spacial score (nSPS) is 24.2. The SMILES string of the molecule is Nc1nc(C2CCCCS2)no1. The summed E-state index contributed by atoms with van der Waals surface area (Å²) in [4.78, 5) is 4.01. The van der Waals surface area contributed by atoms with Crippen LogP contribution in [-0.4, -0.2) is 15.9 Å². The molecule has 2 heterocycles. The second kappa shape index (κ2) is 3.35. The van der Waals surface area contributed by atoms with Crippen LogP contribution in [0, 0.1) is 0 Å². The predicted octanol–water partition coefficient (Wildman–Crippen LogP) is 1.61. The summed E-state index contributed by atoms with van der Waals surface area (Å²) in [5.41, 5.74) is 5.34. The average Bonchev–Trinajstić information content (AvgIpc) is 2.54. The molecule has 0 aliphatic carbocycles. The zero-order valence-corrected chi connectivity index (χ0v) is 7.51. The van der Waals surface area contributed by atoms with Gasteiger partial charge in [-0.05, 0) is 18.6 Å². The molecule has 0 amide bonds. The van der Waals surface area contributed by atoms with E-state index in [0.717, 1.165) is 12.2 Å². The summed E-state index contributed by atoms with van der Waals surface area (Å²) in [5.74, 6) is 1.95. The number of aromatic nitrogens is 2. The van der Waals surface area contributed by atoms with Crippen LogP contribution < -0.4 is 5.73 Å². The van der Waals surface area contributed by atoms with Crippen molar-refractivity contribution in [2.45, 2.75) is 24.5 Å². The monoisotopic (exact) mass is 185 g/mol. The summed E-state index contributed by atoms with van der Waals surface area (Å²) in [7, 11) is 0. The zero-order valence-electron chi connectivity index (χ0n) is 6.69. The Morgan fingerprint density at radius 2 is 2.42 bits per heavy atom. The summed E-state index contributed by atoms with van der Waals surface area (Å²) in [6.07, 6.45) is 3.70. The molecule has 1 aromatic heterocycles. The van der Waals surface area contributed by atoms with Gasteiger partial charge in [-0.1, -0.05) is 11.6 Å². The minimum Gasteiger partial charge on any atom is -0.351 e. The Labute approximate surface area is 74.9 Å². The molecule has 4 nitrogen and oxygen atoms in total. The lowest BCUT2D eigenvalue weighted by atomic mass is 10.2. The highest BCUT2D eigenvalue weighted by Crippen LogP contribution is 2.36. The lowest BCUT2D eigenvalue weighted by Crippen LogP contribution is -2.03. The molecule has 1 fully saturated rings. The fourth-order valence-electron chi connectivity index (χ4n) is 1.32. The van der Waals surface area contributed by atoms with Gasteiger partial charge in [0.1, 0.15) is 0 Å². The van der Waals surface area contributed by atoms with Crippen molar-refractivity contribution >= 4 is 17.8 Å². The van der Waals surface area contributed by atoms with Crippen LogP contribution in [0.25, 0.3) is 0 Å². The molecule has 0 aromatic carbocycles. The Kier molecular flexibility index (Phi) is 2.21. The third kappa shape index (κ3) is 1.55. The zero-order chi connectivity index (χ0) is 8.39. The van der Waals surface area contributed by atoms with Crippen LogP contribution in [0.3, 0.4) is 0 Å². The Morgan fingerprint density at radius 1 is 1.50 bits per heavy atom. The maximum Gasteiger partial charge on any atom is 0.318 e. The Hall–Kier alpha value is -0.710. The highest BCUT2D eigenvalue weighted by atomic mass is 32.2. The fourth-order valence-corrected chi connectivity index (χ4v) is 2.56. The molecular formula is C7H11N3OS. The van der Waals surface area contributed by atoms with Gasteiger partial charge in [0.2, 0.25) is 0 Å². The number of nitrogen functional groups attached to an aromatic ring is 1. The van der Waals surface area contributed by atoms with E-state index in [9.17, 15) is 0 Å². The van der Waals surface area contributed by atoms with Gasteiger partial charge >= 0.3 is 6.01 Å². The number of thioether (sulfide) groups is 1. The molecule has 5 heteroatoms. The van der Waals surface area contributed by atoms with E-state index in [-0.39, 0.29) is 6.01 Å². The van der Waals surface area contributed by atoms with Crippen molar-refractivity contribution in [3.8, 4) is 0 Å². The van der Waals surface area contributed by atoms with Gasteiger partial charge in [0.05, 0.1) is 5.25 Å². The summed E-state index contributed by atoms with van der Waals surface area (Å²) < 4.78 is 4.72. The van der Waals surface area contributed by atoms with Gasteiger partial charge in [-0.3, -0.25) is 0 Å². The molecule has 1 aromatic rings. The lowest BCUT2D eigenvalue weighted by molar-refractivity contribution is 0.424. The minimum absolute atomic E-state index is 0.177. The second-order valence-electron chi connectivity index (χ2n) is 2.85. The van der Waals surface area contributed by atoms with E-state index in [1.807, 2.05) is 11.8 Å². The van der Waals surface area contributed by atoms with Crippen molar-refractivity contribution in [3.05, 3.63) is 5.82 Å². The molecule has 66 valence electrons. The van der Waals surface area contributed by atoms with Crippen molar-refractivity contribution in [2.75, 3.05) is 11.5 Å². The number of hydrogen-bond donors (Lipinski definition) is 1. The molecule has 2 N–H and O–H groups in total. The molecule has 1 saturated heterocycles. The van der Waals surface area contributed by atoms with Crippen LogP contribution in [0.2, 0.25) is 0 Å². The molecule has 12 heavy (non-hydrogen) atoms. The molecule has 1 unspecified atom stereocenters. The molecule has 0 radical (unpaired) electrons. The Morgan fingerprint density at radius 3 is 3.00 bits per heavy atom. The molecule has 0 saturated carbocycles. The van der Waals surface area contributed by atoms with Crippen LogP contribution in [0.1, 0.15) is 30.3 Å². The lowest BCUT2D eigenvalue weighted by Gasteiger charge is -2.17. The van der Waals surface area contributed by atoms with E-state index >= 15 is 0 Å². The fraction of sp³-hybridized carbons (Fsp3) is 0.714. The predicted molar refractivity (Wildman–Crippen MR) is 47.8 cm³/mol. The largest absolute Gasteiger partial charge is 0.351 e. The van der Waals surface area contributed by atoms with E-state index in [0.29, 0.717) is 5.25 Å². The summed E-state index contributed by atoms with van der Waals surface area (Å²) in [6.45, 7) is 0. The van der Waals surface area contributed by atoms with Crippen molar-refractivity contribution in [3.63, 3.8) is 0 Å². The van der Waals surface area contributed by atoms with Gasteiger partial charge < -0.3 is 10.3 Å². The number of rotatable bonds is 1. The van der Waals surface area contributed by atoms with E-state index in [2.05, 4.69) is 10.1 Å². The first-order valence-corrected chi connectivity index (χ1v) is 5.12. The van der Waals surface area contributed by atoms with Gasteiger partial charge in [-0.2, -0.15) is 16.7 Å². The minimum atomic E-state index is 0.177. The summed E-state index contributed by atoms with van der Waals surface area (Å²) in [6, 6.07) is 0.177. The van der Waals surface area contributed by atoms with Crippen LogP contribution in [0.15, 0.2) is 4.52 Å². The standard InChI is InChI=1S/C7H11N3OS/c8-7-9-6(10-11-7)5-3-1-2-4-12-5/h5H,1-4H2,(H2,8,9,10). The number of hydrogen-bond acceptors (Lipinski definition) is 5. The number of nitrogens with zero attached hydrogens (tertiary/aromatic N) is 2. The van der Waals surface area contributed by atoms with E-state index in [4.69, 9.17) is 10.3 Å². The van der Waals surface area contributed by atoms with Crippen molar-refractivity contribution in [1.29, 1.82) is 0 Å². The first kappa shape index (κ1) is 7.91. The van der Waals surface area contributed by atoms with Crippen molar-refractivity contribution in [2.24, 2.45) is 0 Å². The third-order valence-electron chi connectivity index (χ3n) is 1.93. The van der Waals surface area contributed by atoms with E-state index < -0.39 is 0 Å². The van der Waals surface area contributed by atoms with Gasteiger partial charge in [-0.25, -0.2) is 0 Å². The van der Waals surface area contributed by atoms with E-state index in [1.165, 1.54) is 18.6 Å². The number of nitrogens with two attached hydrogens (primary N) is 1. The topological polar surface area (TPSA) is 64.9 Å². The maximum absolute atomic E-state index is 5.34. The highest BCUT2D eigenvalue weighted by molar-refractivity contribution is 7.99. The molecular weight excluding hydrogens is 174 g/mol. The molecule has 1 aliphatic heterocycles. The quantitative estimate of drug-likeness (QED) is 0.720. The maximum atomic E-state index is 5.34. The Bertz CT molecular complexity index is 257. The third-order valence-corrected chi connectivity index (χ3v) is 3.30. The molecule has 1 aliphatic rings. The van der Waals surface area contributed by atoms with Crippen LogP contribution in [0.5, 0.6) is 0 Å². The average molecular weight is 185 g/mol. The smallest absolute Gasteiger partial charge is 0.318 e. The molecule has 1 atom stereocenters. The van der Waals surface area contributed by atoms with Gasteiger partial charge in [0, 0.05) is 0 Å². The molecule has 0 bridgehead atoms. The van der Waals surface area contributed by atoms with Gasteiger partial charge in [0.25, 0.3) is 0 Å². The van der Waals surface area contributed by atoms with Crippen molar-refractivity contribution < 1.29 is 4.52 Å². The number of anilines is 1. The highest BCUT2D eigenvalue weighted by Gasteiger charge is 2.20. The second-order valence-corrected chi connectivity index (χ2v) is 4.16. The van der Waals surface area contributed by atoms with Gasteiger partial charge in [-0.15, -0.1) is 0 Å². The Balaban J connectivity index is 2.08. The first-order valence-electron chi connectivity index (χ1n) is 4.07.